The van der Waals surface area contributed by atoms with Crippen molar-refractivity contribution in [2.24, 2.45) is 7.05 Å². The summed E-state index contributed by atoms with van der Waals surface area (Å²) in [7, 11) is 2.00. The highest BCUT2D eigenvalue weighted by Crippen LogP contribution is 2.33. The summed E-state index contributed by atoms with van der Waals surface area (Å²) in [4.78, 5) is 14.6. The Labute approximate surface area is 137 Å². The Bertz CT molecular complexity index is 971. The lowest BCUT2D eigenvalue weighted by atomic mass is 10.2. The Balaban J connectivity index is 1.90. The molecule has 0 aromatic carbocycles. The molecule has 5 nitrogen and oxygen atoms in total. The normalized spacial score (nSPS) is 11.0. The fourth-order valence-electron chi connectivity index (χ4n) is 2.55. The van der Waals surface area contributed by atoms with Gasteiger partial charge in [0.1, 0.15) is 10.6 Å². The minimum absolute atomic E-state index is 0.725. The van der Waals surface area contributed by atoms with Gasteiger partial charge in [-0.25, -0.2) is 9.97 Å². The molecule has 0 radical (unpaired) electrons. The summed E-state index contributed by atoms with van der Waals surface area (Å²) >= 11 is 1.64. The van der Waals surface area contributed by atoms with Gasteiger partial charge in [-0.15, -0.1) is 11.3 Å². The first-order valence-electron chi connectivity index (χ1n) is 7.27. The molecular formula is C17H15N5S. The van der Waals surface area contributed by atoms with Crippen molar-refractivity contribution in [3.63, 3.8) is 0 Å². The van der Waals surface area contributed by atoms with Crippen LogP contribution in [-0.4, -0.2) is 19.5 Å². The Morgan fingerprint density at radius 2 is 1.96 bits per heavy atom. The van der Waals surface area contributed by atoms with E-state index in [1.54, 1.807) is 23.7 Å². The number of hydrogen-bond acceptors (Lipinski definition) is 5. The average Bonchev–Trinajstić information content (AvgIpc) is 3.14. The van der Waals surface area contributed by atoms with Gasteiger partial charge < -0.3 is 9.88 Å². The lowest BCUT2D eigenvalue weighted by Crippen LogP contribution is -2.01. The van der Waals surface area contributed by atoms with Gasteiger partial charge in [0, 0.05) is 31.3 Å². The summed E-state index contributed by atoms with van der Waals surface area (Å²) in [5.74, 6) is 1.56. The number of fused-ring (bicyclic) bond motifs is 1. The van der Waals surface area contributed by atoms with E-state index in [9.17, 15) is 0 Å². The molecule has 0 aliphatic heterocycles. The van der Waals surface area contributed by atoms with Gasteiger partial charge in [0.2, 0.25) is 0 Å². The van der Waals surface area contributed by atoms with E-state index in [0.29, 0.717) is 0 Å². The quantitative estimate of drug-likeness (QED) is 0.616. The number of pyridine rings is 1. The van der Waals surface area contributed by atoms with Crippen LogP contribution in [0.3, 0.4) is 0 Å². The Hall–Kier alpha value is -2.73. The highest BCUT2D eigenvalue weighted by molar-refractivity contribution is 7.17. The summed E-state index contributed by atoms with van der Waals surface area (Å²) in [6.45, 7) is 2.09. The van der Waals surface area contributed by atoms with Crippen LogP contribution in [0.15, 0.2) is 48.2 Å². The number of rotatable bonds is 3. The fourth-order valence-corrected chi connectivity index (χ4v) is 3.48. The first-order chi connectivity index (χ1) is 11.2. The maximum Gasteiger partial charge on any atom is 0.179 e. The Kier molecular flexibility index (Phi) is 3.31. The largest absolute Gasteiger partial charge is 0.348 e. The average molecular weight is 321 g/mol. The number of thiophene rings is 1. The van der Waals surface area contributed by atoms with Crippen molar-refractivity contribution in [3.8, 4) is 11.5 Å². The van der Waals surface area contributed by atoms with Crippen LogP contribution >= 0.6 is 11.3 Å². The molecule has 0 atom stereocenters. The second kappa shape index (κ2) is 5.48. The predicted molar refractivity (Wildman–Crippen MR) is 94.1 cm³/mol. The lowest BCUT2D eigenvalue weighted by Gasteiger charge is -2.10. The molecule has 0 aliphatic carbocycles. The van der Waals surface area contributed by atoms with Gasteiger partial charge in [0.15, 0.2) is 5.82 Å². The van der Waals surface area contributed by atoms with Crippen molar-refractivity contribution < 1.29 is 0 Å². The van der Waals surface area contributed by atoms with E-state index in [-0.39, 0.29) is 0 Å². The molecular weight excluding hydrogens is 306 g/mol. The molecule has 0 amide bonds. The van der Waals surface area contributed by atoms with Crippen molar-refractivity contribution in [2.75, 3.05) is 5.32 Å². The zero-order valence-electron chi connectivity index (χ0n) is 12.8. The van der Waals surface area contributed by atoms with E-state index in [4.69, 9.17) is 9.97 Å². The number of nitrogens with zero attached hydrogens (tertiary/aromatic N) is 4. The van der Waals surface area contributed by atoms with Crippen molar-refractivity contribution in [1.29, 1.82) is 0 Å². The van der Waals surface area contributed by atoms with E-state index in [0.717, 1.165) is 33.2 Å². The minimum atomic E-state index is 0.725. The van der Waals surface area contributed by atoms with Gasteiger partial charge in [0.25, 0.3) is 0 Å². The molecule has 1 N–H and O–H groups in total. The first kappa shape index (κ1) is 13.9. The third-order valence-corrected chi connectivity index (χ3v) is 4.72. The SMILES string of the molecule is Cc1csc2nc(-c3cccn3C)nc(Nc3ccncc3)c12. The van der Waals surface area contributed by atoms with Crippen LogP contribution < -0.4 is 5.32 Å². The van der Waals surface area contributed by atoms with Gasteiger partial charge in [0.05, 0.1) is 11.1 Å². The minimum Gasteiger partial charge on any atom is -0.348 e. The maximum atomic E-state index is 4.78. The second-order valence-corrected chi connectivity index (χ2v) is 6.22. The second-order valence-electron chi connectivity index (χ2n) is 5.36. The van der Waals surface area contributed by atoms with Crippen molar-refractivity contribution in [1.82, 2.24) is 19.5 Å². The number of hydrogen-bond donors (Lipinski definition) is 1. The number of nitrogens with one attached hydrogen (secondary N) is 1. The fraction of sp³-hybridized carbons (Fsp3) is 0.118. The van der Waals surface area contributed by atoms with Gasteiger partial charge >= 0.3 is 0 Å². The predicted octanol–water partition coefficient (Wildman–Crippen LogP) is 4.14. The highest BCUT2D eigenvalue weighted by atomic mass is 32.1. The molecule has 0 saturated carbocycles. The molecule has 0 unspecified atom stereocenters. The maximum absolute atomic E-state index is 4.78. The van der Waals surface area contributed by atoms with E-state index in [1.165, 1.54) is 5.56 Å². The molecule has 4 aromatic rings. The molecule has 4 rings (SSSR count). The summed E-state index contributed by atoms with van der Waals surface area (Å²) in [6.07, 6.45) is 5.52. The smallest absolute Gasteiger partial charge is 0.179 e. The van der Waals surface area contributed by atoms with Crippen LogP contribution in [0.25, 0.3) is 21.7 Å². The molecule has 0 spiro atoms. The van der Waals surface area contributed by atoms with Crippen molar-refractivity contribution in [3.05, 3.63) is 53.8 Å². The molecule has 0 fully saturated rings. The van der Waals surface area contributed by atoms with Crippen LogP contribution in [0.4, 0.5) is 11.5 Å². The molecule has 0 saturated heterocycles. The van der Waals surface area contributed by atoms with Gasteiger partial charge in [-0.1, -0.05) is 0 Å². The molecule has 114 valence electrons. The number of aromatic nitrogens is 4. The van der Waals surface area contributed by atoms with Gasteiger partial charge in [-0.2, -0.15) is 0 Å². The van der Waals surface area contributed by atoms with Crippen LogP contribution in [-0.2, 0) is 7.05 Å². The van der Waals surface area contributed by atoms with E-state index < -0.39 is 0 Å². The first-order valence-corrected chi connectivity index (χ1v) is 8.15. The van der Waals surface area contributed by atoms with E-state index >= 15 is 0 Å². The van der Waals surface area contributed by atoms with Crippen LogP contribution in [0.5, 0.6) is 0 Å². The zero-order chi connectivity index (χ0) is 15.8. The summed E-state index contributed by atoms with van der Waals surface area (Å²) < 4.78 is 2.03. The standard InChI is InChI=1S/C17H15N5S/c1-11-10-23-17-14(11)16(19-12-5-7-18-8-6-12)20-15(21-17)13-4-3-9-22(13)2/h3-10H,1-2H3,(H,18,19,20,21). The summed E-state index contributed by atoms with van der Waals surface area (Å²) in [5.41, 5.74) is 3.14. The molecule has 23 heavy (non-hydrogen) atoms. The Morgan fingerprint density at radius 3 is 2.70 bits per heavy atom. The third-order valence-electron chi connectivity index (χ3n) is 3.73. The van der Waals surface area contributed by atoms with Crippen LogP contribution in [0, 0.1) is 6.92 Å². The van der Waals surface area contributed by atoms with Crippen molar-refractivity contribution >= 4 is 33.1 Å². The molecule has 4 heterocycles. The van der Waals surface area contributed by atoms with Gasteiger partial charge in [-0.05, 0) is 42.1 Å². The lowest BCUT2D eigenvalue weighted by molar-refractivity contribution is 0.924. The monoisotopic (exact) mass is 321 g/mol. The van der Waals surface area contributed by atoms with E-state index in [1.807, 2.05) is 42.1 Å². The van der Waals surface area contributed by atoms with Crippen LogP contribution in [0.1, 0.15) is 5.56 Å². The topological polar surface area (TPSA) is 55.6 Å². The molecule has 0 aliphatic rings. The zero-order valence-corrected chi connectivity index (χ0v) is 13.6. The van der Waals surface area contributed by atoms with Crippen molar-refractivity contribution in [2.45, 2.75) is 6.92 Å². The van der Waals surface area contributed by atoms with Crippen LogP contribution in [0.2, 0.25) is 0 Å². The molecule has 4 aromatic heterocycles. The number of anilines is 2. The van der Waals surface area contributed by atoms with E-state index in [2.05, 4.69) is 22.6 Å². The Morgan fingerprint density at radius 1 is 1.13 bits per heavy atom. The highest BCUT2D eigenvalue weighted by Gasteiger charge is 2.14. The third kappa shape index (κ3) is 2.47. The summed E-state index contributed by atoms with van der Waals surface area (Å²) in [5, 5.41) is 6.59. The van der Waals surface area contributed by atoms with Gasteiger partial charge in [-0.3, -0.25) is 4.98 Å². The summed E-state index contributed by atoms with van der Waals surface area (Å²) in [6, 6.07) is 7.88. The number of aryl methyl sites for hydroxylation is 2. The molecule has 6 heteroatoms. The molecule has 0 bridgehead atoms.